The number of benzene rings is 2. The normalized spacial score (nSPS) is 15.4. The van der Waals surface area contributed by atoms with Gasteiger partial charge in [-0.2, -0.15) is 0 Å². The van der Waals surface area contributed by atoms with Crippen molar-refractivity contribution in [2.45, 2.75) is 38.9 Å². The van der Waals surface area contributed by atoms with Gasteiger partial charge < -0.3 is 10.2 Å². The lowest BCUT2D eigenvalue weighted by Crippen LogP contribution is -2.41. The Bertz CT molecular complexity index is 902. The summed E-state index contributed by atoms with van der Waals surface area (Å²) >= 11 is 1.67. The van der Waals surface area contributed by atoms with Crippen LogP contribution in [0.2, 0.25) is 0 Å². The van der Waals surface area contributed by atoms with E-state index in [2.05, 4.69) is 66.8 Å². The van der Waals surface area contributed by atoms with Crippen molar-refractivity contribution in [3.63, 3.8) is 0 Å². The standard InChI is InChI=1S/C23H24N2OS/c1-17-8-10-18(11-9-17)16-25(23(26)24-15-20-6-4-14-27-20)22-13-12-19-5-2-3-7-21(19)22/h2-11,14,22H,12-13,15-16H2,1H3,(H,24,26)/t22-/m1/s1. The molecule has 1 aliphatic carbocycles. The van der Waals surface area contributed by atoms with Gasteiger partial charge in [-0.1, -0.05) is 60.2 Å². The molecule has 0 fully saturated rings. The quantitative estimate of drug-likeness (QED) is 0.630. The Hall–Kier alpha value is -2.59. The molecule has 0 bridgehead atoms. The van der Waals surface area contributed by atoms with E-state index in [1.54, 1.807) is 11.3 Å². The van der Waals surface area contributed by atoms with E-state index in [9.17, 15) is 4.79 Å². The lowest BCUT2D eigenvalue weighted by molar-refractivity contribution is 0.169. The SMILES string of the molecule is Cc1ccc(CN(C(=O)NCc2cccs2)[C@@H]2CCc3ccccc32)cc1. The number of carbonyl (C=O) groups is 1. The molecule has 1 heterocycles. The largest absolute Gasteiger partial charge is 0.333 e. The number of carbonyl (C=O) groups excluding carboxylic acids is 1. The molecule has 0 saturated heterocycles. The predicted molar refractivity (Wildman–Crippen MR) is 111 cm³/mol. The summed E-state index contributed by atoms with van der Waals surface area (Å²) in [4.78, 5) is 16.3. The van der Waals surface area contributed by atoms with Crippen LogP contribution in [-0.4, -0.2) is 10.9 Å². The Morgan fingerprint density at radius 3 is 2.70 bits per heavy atom. The topological polar surface area (TPSA) is 32.3 Å². The Balaban J connectivity index is 1.56. The highest BCUT2D eigenvalue weighted by molar-refractivity contribution is 7.09. The van der Waals surface area contributed by atoms with Crippen molar-refractivity contribution in [2.24, 2.45) is 0 Å². The molecular formula is C23H24N2OS. The first-order chi connectivity index (χ1) is 13.2. The number of fused-ring (bicyclic) bond motifs is 1. The number of aryl methyl sites for hydroxylation is 2. The zero-order chi connectivity index (χ0) is 18.6. The van der Waals surface area contributed by atoms with Crippen LogP contribution in [0.3, 0.4) is 0 Å². The van der Waals surface area contributed by atoms with E-state index in [0.29, 0.717) is 13.1 Å². The summed E-state index contributed by atoms with van der Waals surface area (Å²) in [6.07, 6.45) is 2.01. The zero-order valence-corrected chi connectivity index (χ0v) is 16.3. The number of nitrogens with one attached hydrogen (secondary N) is 1. The Morgan fingerprint density at radius 2 is 1.93 bits per heavy atom. The molecule has 1 aromatic heterocycles. The van der Waals surface area contributed by atoms with Gasteiger partial charge >= 0.3 is 6.03 Å². The molecule has 27 heavy (non-hydrogen) atoms. The molecule has 1 aliphatic rings. The average molecular weight is 377 g/mol. The summed E-state index contributed by atoms with van der Waals surface area (Å²) in [6, 6.07) is 21.2. The van der Waals surface area contributed by atoms with Crippen LogP contribution in [0.4, 0.5) is 4.79 Å². The monoisotopic (exact) mass is 376 g/mol. The van der Waals surface area contributed by atoms with Crippen LogP contribution in [0.1, 0.15) is 39.6 Å². The maximum Gasteiger partial charge on any atom is 0.318 e. The maximum atomic E-state index is 13.1. The maximum absolute atomic E-state index is 13.1. The molecule has 0 unspecified atom stereocenters. The van der Waals surface area contributed by atoms with E-state index < -0.39 is 0 Å². The number of hydrogen-bond donors (Lipinski definition) is 1. The first-order valence-corrected chi connectivity index (χ1v) is 10.3. The lowest BCUT2D eigenvalue weighted by Gasteiger charge is -2.30. The van der Waals surface area contributed by atoms with E-state index in [0.717, 1.165) is 18.4 Å². The number of hydrogen-bond acceptors (Lipinski definition) is 2. The summed E-state index contributed by atoms with van der Waals surface area (Å²) in [5.41, 5.74) is 5.05. The first kappa shape index (κ1) is 17.8. The van der Waals surface area contributed by atoms with Gasteiger partial charge in [0.2, 0.25) is 0 Å². The van der Waals surface area contributed by atoms with Gasteiger partial charge in [-0.3, -0.25) is 0 Å². The van der Waals surface area contributed by atoms with E-state index in [1.807, 2.05) is 16.3 Å². The second-order valence-electron chi connectivity index (χ2n) is 7.10. The van der Waals surface area contributed by atoms with Crippen molar-refractivity contribution in [3.05, 3.63) is 93.2 Å². The smallest absolute Gasteiger partial charge is 0.318 e. The minimum atomic E-state index is 0.00526. The van der Waals surface area contributed by atoms with Crippen molar-refractivity contribution in [1.29, 1.82) is 0 Å². The third-order valence-corrected chi connectivity index (χ3v) is 6.08. The van der Waals surface area contributed by atoms with Gasteiger partial charge in [0.1, 0.15) is 0 Å². The molecule has 3 nitrogen and oxygen atoms in total. The molecule has 2 amide bonds. The fourth-order valence-electron chi connectivity index (χ4n) is 3.75. The highest BCUT2D eigenvalue weighted by Gasteiger charge is 2.30. The van der Waals surface area contributed by atoms with Crippen LogP contribution in [0.25, 0.3) is 0 Å². The van der Waals surface area contributed by atoms with E-state index >= 15 is 0 Å². The highest BCUT2D eigenvalue weighted by atomic mass is 32.1. The van der Waals surface area contributed by atoms with Gasteiger partial charge in [0.05, 0.1) is 12.6 Å². The van der Waals surface area contributed by atoms with Crippen LogP contribution in [0.5, 0.6) is 0 Å². The fourth-order valence-corrected chi connectivity index (χ4v) is 4.39. The molecular weight excluding hydrogens is 352 g/mol. The lowest BCUT2D eigenvalue weighted by atomic mass is 10.1. The van der Waals surface area contributed by atoms with Crippen LogP contribution >= 0.6 is 11.3 Å². The minimum Gasteiger partial charge on any atom is -0.333 e. The first-order valence-electron chi connectivity index (χ1n) is 9.41. The molecule has 0 radical (unpaired) electrons. The van der Waals surface area contributed by atoms with Crippen molar-refractivity contribution >= 4 is 17.4 Å². The number of urea groups is 1. The molecule has 138 valence electrons. The number of rotatable bonds is 5. The second-order valence-corrected chi connectivity index (χ2v) is 8.14. The van der Waals surface area contributed by atoms with E-state index in [-0.39, 0.29) is 12.1 Å². The Morgan fingerprint density at radius 1 is 1.11 bits per heavy atom. The summed E-state index contributed by atoms with van der Waals surface area (Å²) in [5.74, 6) is 0. The molecule has 0 spiro atoms. The van der Waals surface area contributed by atoms with Crippen molar-refractivity contribution in [1.82, 2.24) is 10.2 Å². The van der Waals surface area contributed by atoms with Gasteiger partial charge in [-0.25, -0.2) is 4.79 Å². The van der Waals surface area contributed by atoms with Crippen LogP contribution in [0.15, 0.2) is 66.0 Å². The Labute approximate surface area is 164 Å². The highest BCUT2D eigenvalue weighted by Crippen LogP contribution is 2.36. The van der Waals surface area contributed by atoms with Gasteiger partial charge in [-0.05, 0) is 47.9 Å². The van der Waals surface area contributed by atoms with Crippen molar-refractivity contribution < 1.29 is 4.79 Å². The molecule has 2 aromatic carbocycles. The molecule has 4 rings (SSSR count). The zero-order valence-electron chi connectivity index (χ0n) is 15.5. The predicted octanol–water partition coefficient (Wildman–Crippen LogP) is 5.46. The molecule has 1 atom stereocenters. The number of amides is 2. The van der Waals surface area contributed by atoms with E-state index in [4.69, 9.17) is 0 Å². The molecule has 1 N–H and O–H groups in total. The minimum absolute atomic E-state index is 0.00526. The van der Waals surface area contributed by atoms with Gasteiger partial charge in [0.25, 0.3) is 0 Å². The average Bonchev–Trinajstić information content (AvgIpc) is 3.35. The van der Waals surface area contributed by atoms with E-state index in [1.165, 1.54) is 21.6 Å². The summed E-state index contributed by atoms with van der Waals surface area (Å²) in [5, 5.41) is 5.16. The third kappa shape index (κ3) is 4.06. The summed E-state index contributed by atoms with van der Waals surface area (Å²) in [7, 11) is 0. The summed E-state index contributed by atoms with van der Waals surface area (Å²) in [6.45, 7) is 3.29. The molecule has 4 heteroatoms. The second kappa shape index (κ2) is 7.97. The fraction of sp³-hybridized carbons (Fsp3) is 0.261. The van der Waals surface area contributed by atoms with Crippen molar-refractivity contribution in [3.8, 4) is 0 Å². The molecule has 0 aliphatic heterocycles. The van der Waals surface area contributed by atoms with Crippen LogP contribution < -0.4 is 5.32 Å². The van der Waals surface area contributed by atoms with Crippen LogP contribution in [0, 0.1) is 6.92 Å². The van der Waals surface area contributed by atoms with Crippen LogP contribution in [-0.2, 0) is 19.5 Å². The van der Waals surface area contributed by atoms with Gasteiger partial charge in [0.15, 0.2) is 0 Å². The summed E-state index contributed by atoms with van der Waals surface area (Å²) < 4.78 is 0. The third-order valence-electron chi connectivity index (χ3n) is 5.21. The van der Waals surface area contributed by atoms with Gasteiger partial charge in [-0.15, -0.1) is 11.3 Å². The molecule has 3 aromatic rings. The number of thiophene rings is 1. The number of nitrogens with zero attached hydrogens (tertiary/aromatic N) is 1. The molecule has 0 saturated carbocycles. The van der Waals surface area contributed by atoms with Crippen molar-refractivity contribution in [2.75, 3.05) is 0 Å². The Kier molecular flexibility index (Phi) is 5.26. The van der Waals surface area contributed by atoms with Gasteiger partial charge in [0, 0.05) is 11.4 Å².